The van der Waals surface area contributed by atoms with Crippen molar-refractivity contribution in [3.8, 4) is 5.75 Å². The summed E-state index contributed by atoms with van der Waals surface area (Å²) in [5.41, 5.74) is -2.26. The minimum Gasteiger partial charge on any atom is -0.486 e. The van der Waals surface area contributed by atoms with Gasteiger partial charge in [0.1, 0.15) is 11.7 Å². The van der Waals surface area contributed by atoms with E-state index in [0.717, 1.165) is 0 Å². The molecular formula is C16H20F3NO3. The standard InChI is InChI=1S/C16H20F3NO3/c1-2-11(23-13-7-4-3-6-12(13)17)10-20-14(21)16(18,19)15(22)8-5-9-15/h3-4,6-7,11,22H,2,5,8-10H2,1H3,(H,20,21)/t11-/m1/s1. The summed E-state index contributed by atoms with van der Waals surface area (Å²) in [7, 11) is 0. The fourth-order valence-electron chi connectivity index (χ4n) is 2.34. The third kappa shape index (κ3) is 3.60. The number of nitrogens with one attached hydrogen (secondary N) is 1. The van der Waals surface area contributed by atoms with E-state index in [1.54, 1.807) is 13.0 Å². The zero-order valence-corrected chi connectivity index (χ0v) is 12.8. The van der Waals surface area contributed by atoms with Gasteiger partial charge in [0.15, 0.2) is 11.6 Å². The summed E-state index contributed by atoms with van der Waals surface area (Å²) in [5, 5.41) is 11.8. The Kier molecular flexibility index (Phi) is 5.19. The average Bonchev–Trinajstić information content (AvgIpc) is 2.50. The van der Waals surface area contributed by atoms with Crippen molar-refractivity contribution in [1.82, 2.24) is 5.32 Å². The van der Waals surface area contributed by atoms with Gasteiger partial charge in [-0.15, -0.1) is 0 Å². The third-order valence-electron chi connectivity index (χ3n) is 4.13. The van der Waals surface area contributed by atoms with Gasteiger partial charge in [-0.1, -0.05) is 19.1 Å². The number of carbonyl (C=O) groups excluding carboxylic acids is 1. The number of hydrogen-bond donors (Lipinski definition) is 2. The van der Waals surface area contributed by atoms with Crippen molar-refractivity contribution in [3.05, 3.63) is 30.1 Å². The first-order chi connectivity index (χ1) is 10.8. The molecule has 1 aromatic carbocycles. The van der Waals surface area contributed by atoms with Gasteiger partial charge >= 0.3 is 5.92 Å². The average molecular weight is 331 g/mol. The van der Waals surface area contributed by atoms with Gasteiger partial charge in [-0.25, -0.2) is 4.39 Å². The van der Waals surface area contributed by atoms with Gasteiger partial charge in [-0.3, -0.25) is 4.79 Å². The number of hydrogen-bond acceptors (Lipinski definition) is 3. The Bertz CT molecular complexity index is 561. The van der Waals surface area contributed by atoms with Crippen molar-refractivity contribution in [2.24, 2.45) is 0 Å². The summed E-state index contributed by atoms with van der Waals surface area (Å²) in [4.78, 5) is 11.7. The maximum absolute atomic E-state index is 13.9. The molecule has 0 radical (unpaired) electrons. The first-order valence-electron chi connectivity index (χ1n) is 7.60. The Labute approximate surface area is 132 Å². The zero-order chi connectivity index (χ0) is 17.1. The molecule has 1 fully saturated rings. The summed E-state index contributed by atoms with van der Waals surface area (Å²) < 4.78 is 46.8. The molecule has 1 aliphatic carbocycles. The number of aliphatic hydroxyl groups is 1. The first-order valence-corrected chi connectivity index (χ1v) is 7.60. The molecule has 128 valence electrons. The number of rotatable bonds is 7. The van der Waals surface area contributed by atoms with Crippen LogP contribution in [0.1, 0.15) is 32.6 Å². The van der Waals surface area contributed by atoms with Crippen molar-refractivity contribution in [2.75, 3.05) is 6.54 Å². The van der Waals surface area contributed by atoms with E-state index in [-0.39, 0.29) is 25.1 Å². The van der Waals surface area contributed by atoms with Gasteiger partial charge in [-0.05, 0) is 37.8 Å². The highest BCUT2D eigenvalue weighted by molar-refractivity contribution is 5.85. The molecule has 1 saturated carbocycles. The number of alkyl halides is 2. The number of amides is 1. The van der Waals surface area contributed by atoms with Crippen molar-refractivity contribution >= 4 is 5.91 Å². The summed E-state index contributed by atoms with van der Waals surface area (Å²) in [5.74, 6) is -5.94. The molecule has 0 bridgehead atoms. The number of ether oxygens (including phenoxy) is 1. The molecule has 1 aliphatic rings. The third-order valence-corrected chi connectivity index (χ3v) is 4.13. The molecule has 0 unspecified atom stereocenters. The minimum absolute atomic E-state index is 0.00187. The largest absolute Gasteiger partial charge is 0.486 e. The van der Waals surface area contributed by atoms with Crippen LogP contribution < -0.4 is 10.1 Å². The Morgan fingerprint density at radius 3 is 2.61 bits per heavy atom. The van der Waals surface area contributed by atoms with E-state index in [1.807, 2.05) is 0 Å². The van der Waals surface area contributed by atoms with Crippen LogP contribution in [0.3, 0.4) is 0 Å². The lowest BCUT2D eigenvalue weighted by Crippen LogP contribution is -2.61. The maximum atomic E-state index is 13.9. The molecule has 1 amide bonds. The second kappa shape index (κ2) is 6.78. The van der Waals surface area contributed by atoms with Crippen molar-refractivity contribution in [3.63, 3.8) is 0 Å². The van der Waals surface area contributed by atoms with Gasteiger partial charge in [0.2, 0.25) is 0 Å². The van der Waals surface area contributed by atoms with Crippen molar-refractivity contribution in [1.29, 1.82) is 0 Å². The molecule has 1 aromatic rings. The van der Waals surface area contributed by atoms with E-state index in [1.165, 1.54) is 18.2 Å². The van der Waals surface area contributed by atoms with Crippen LogP contribution in [0.15, 0.2) is 24.3 Å². The van der Waals surface area contributed by atoms with Crippen molar-refractivity contribution in [2.45, 2.75) is 50.2 Å². The van der Waals surface area contributed by atoms with Crippen LogP contribution in [0.5, 0.6) is 5.75 Å². The molecule has 23 heavy (non-hydrogen) atoms. The van der Waals surface area contributed by atoms with Crippen molar-refractivity contribution < 1.29 is 27.8 Å². The molecule has 0 spiro atoms. The molecule has 1 atom stereocenters. The molecule has 0 aromatic heterocycles. The SMILES string of the molecule is CC[C@H](CNC(=O)C(F)(F)C1(O)CCC1)Oc1ccccc1F. The van der Waals surface area contributed by atoms with Crippen LogP contribution in [-0.2, 0) is 4.79 Å². The van der Waals surface area contributed by atoms with Gasteiger partial charge in [0.05, 0.1) is 6.54 Å². The van der Waals surface area contributed by atoms with Crippen LogP contribution in [0, 0.1) is 5.82 Å². The van der Waals surface area contributed by atoms with E-state index in [2.05, 4.69) is 5.32 Å². The lowest BCUT2D eigenvalue weighted by molar-refractivity contribution is -0.216. The van der Waals surface area contributed by atoms with Gasteiger partial charge in [0, 0.05) is 0 Å². The van der Waals surface area contributed by atoms with E-state index in [0.29, 0.717) is 12.8 Å². The van der Waals surface area contributed by atoms with Gasteiger partial charge in [-0.2, -0.15) is 8.78 Å². The lowest BCUT2D eigenvalue weighted by Gasteiger charge is -2.41. The highest BCUT2D eigenvalue weighted by Crippen LogP contribution is 2.44. The van der Waals surface area contributed by atoms with Gasteiger partial charge < -0.3 is 15.2 Å². The van der Waals surface area contributed by atoms with E-state index < -0.39 is 29.4 Å². The lowest BCUT2D eigenvalue weighted by atomic mass is 9.75. The Balaban J connectivity index is 1.92. The quantitative estimate of drug-likeness (QED) is 0.807. The predicted molar refractivity (Wildman–Crippen MR) is 77.9 cm³/mol. The fourth-order valence-corrected chi connectivity index (χ4v) is 2.34. The predicted octanol–water partition coefficient (Wildman–Crippen LogP) is 2.65. The molecule has 4 nitrogen and oxygen atoms in total. The summed E-state index contributed by atoms with van der Waals surface area (Å²) in [6.07, 6.45) is 0.00696. The fraction of sp³-hybridized carbons (Fsp3) is 0.562. The van der Waals surface area contributed by atoms with E-state index in [9.17, 15) is 23.1 Å². The smallest absolute Gasteiger partial charge is 0.352 e. The summed E-state index contributed by atoms with van der Waals surface area (Å²) in [6, 6.07) is 5.74. The van der Waals surface area contributed by atoms with E-state index in [4.69, 9.17) is 4.74 Å². The molecule has 0 aliphatic heterocycles. The summed E-state index contributed by atoms with van der Waals surface area (Å²) >= 11 is 0. The first kappa shape index (κ1) is 17.6. The van der Waals surface area contributed by atoms with Crippen LogP contribution in [0.25, 0.3) is 0 Å². The number of halogens is 3. The second-order valence-corrected chi connectivity index (χ2v) is 5.75. The highest BCUT2D eigenvalue weighted by atomic mass is 19.3. The van der Waals surface area contributed by atoms with Crippen LogP contribution >= 0.6 is 0 Å². The number of para-hydroxylation sites is 1. The van der Waals surface area contributed by atoms with E-state index >= 15 is 0 Å². The van der Waals surface area contributed by atoms with Crippen LogP contribution in [0.4, 0.5) is 13.2 Å². The molecule has 0 saturated heterocycles. The normalized spacial score (nSPS) is 18.0. The Morgan fingerprint density at radius 1 is 1.43 bits per heavy atom. The molecule has 2 rings (SSSR count). The maximum Gasteiger partial charge on any atom is 0.352 e. The van der Waals surface area contributed by atoms with Crippen LogP contribution in [-0.4, -0.2) is 35.2 Å². The second-order valence-electron chi connectivity index (χ2n) is 5.75. The Morgan fingerprint density at radius 2 is 2.09 bits per heavy atom. The Hall–Kier alpha value is -1.76. The highest BCUT2D eigenvalue weighted by Gasteiger charge is 2.61. The molecule has 0 heterocycles. The monoisotopic (exact) mass is 331 g/mol. The topological polar surface area (TPSA) is 58.6 Å². The molecule has 2 N–H and O–H groups in total. The molecule has 7 heteroatoms. The minimum atomic E-state index is -3.85. The number of benzene rings is 1. The summed E-state index contributed by atoms with van der Waals surface area (Å²) in [6.45, 7) is 1.53. The number of carbonyl (C=O) groups is 1. The van der Waals surface area contributed by atoms with Crippen LogP contribution in [0.2, 0.25) is 0 Å². The molecular weight excluding hydrogens is 311 g/mol. The zero-order valence-electron chi connectivity index (χ0n) is 12.8. The van der Waals surface area contributed by atoms with Gasteiger partial charge in [0.25, 0.3) is 5.91 Å².